The average molecular weight is 439 g/mol. The van der Waals surface area contributed by atoms with Crippen molar-refractivity contribution in [2.75, 3.05) is 51.0 Å². The SMILES string of the molecule is CCCCOc1nc(N)c2ncc(Cc3cnc(N4CCC(CN(C)C)C4)c(C)c3)n2n1. The molecule has 0 radical (unpaired) electrons. The minimum Gasteiger partial charge on any atom is -0.462 e. The van der Waals surface area contributed by atoms with Crippen molar-refractivity contribution < 1.29 is 4.74 Å². The molecule has 1 fully saturated rings. The summed E-state index contributed by atoms with van der Waals surface area (Å²) in [6.07, 6.45) is 7.62. The van der Waals surface area contributed by atoms with Gasteiger partial charge in [-0.15, -0.1) is 5.10 Å². The minimum absolute atomic E-state index is 0.286. The first kappa shape index (κ1) is 22.3. The van der Waals surface area contributed by atoms with Crippen molar-refractivity contribution in [1.29, 1.82) is 0 Å². The molecule has 9 nitrogen and oxygen atoms in total. The fourth-order valence-electron chi connectivity index (χ4n) is 4.37. The molecule has 9 heteroatoms. The highest BCUT2D eigenvalue weighted by Crippen LogP contribution is 2.26. The standard InChI is InChI=1S/C23H34N8O/c1-5-6-9-32-23-27-20(24)22-26-13-19(31(22)28-23)11-18-10-16(2)21(25-12-18)30-8-7-17(15-30)14-29(3)4/h10,12-13,17H,5-9,11,14-15H2,1-4H3,(H2,24,27,28). The van der Waals surface area contributed by atoms with Crippen molar-refractivity contribution in [3.8, 4) is 6.01 Å². The smallest absolute Gasteiger partial charge is 0.336 e. The highest BCUT2D eigenvalue weighted by molar-refractivity contribution is 5.60. The zero-order valence-corrected chi connectivity index (χ0v) is 19.6. The molecule has 4 rings (SSSR count). The number of anilines is 2. The van der Waals surface area contributed by atoms with Crippen LogP contribution in [0, 0.1) is 12.8 Å². The molecule has 1 aliphatic rings. The van der Waals surface area contributed by atoms with E-state index >= 15 is 0 Å². The zero-order valence-electron chi connectivity index (χ0n) is 19.6. The fourth-order valence-corrected chi connectivity index (χ4v) is 4.37. The third-order valence-electron chi connectivity index (χ3n) is 5.87. The highest BCUT2D eigenvalue weighted by atomic mass is 16.5. The number of fused-ring (bicyclic) bond motifs is 1. The lowest BCUT2D eigenvalue weighted by Gasteiger charge is -2.21. The second-order valence-electron chi connectivity index (χ2n) is 8.99. The van der Waals surface area contributed by atoms with Gasteiger partial charge in [-0.05, 0) is 50.9 Å². The van der Waals surface area contributed by atoms with Gasteiger partial charge in [-0.25, -0.2) is 14.5 Å². The van der Waals surface area contributed by atoms with Gasteiger partial charge in [0.2, 0.25) is 0 Å². The van der Waals surface area contributed by atoms with Crippen molar-refractivity contribution in [3.05, 3.63) is 35.3 Å². The van der Waals surface area contributed by atoms with Crippen LogP contribution in [0.3, 0.4) is 0 Å². The molecule has 3 aromatic rings. The molecule has 172 valence electrons. The molecule has 4 heterocycles. The van der Waals surface area contributed by atoms with Crippen LogP contribution < -0.4 is 15.4 Å². The van der Waals surface area contributed by atoms with Crippen molar-refractivity contribution in [3.63, 3.8) is 0 Å². The van der Waals surface area contributed by atoms with Gasteiger partial charge in [-0.3, -0.25) is 0 Å². The molecule has 0 saturated carbocycles. The lowest BCUT2D eigenvalue weighted by Crippen LogP contribution is -2.26. The van der Waals surface area contributed by atoms with Gasteiger partial charge in [-0.2, -0.15) is 4.98 Å². The number of imidazole rings is 1. The molecular formula is C23H34N8O. The Kier molecular flexibility index (Phi) is 6.74. The Morgan fingerprint density at radius 2 is 2.09 bits per heavy atom. The van der Waals surface area contributed by atoms with E-state index in [0.29, 0.717) is 30.4 Å². The van der Waals surface area contributed by atoms with Crippen LogP contribution in [0.4, 0.5) is 11.6 Å². The van der Waals surface area contributed by atoms with E-state index < -0.39 is 0 Å². The molecule has 32 heavy (non-hydrogen) atoms. The van der Waals surface area contributed by atoms with Gasteiger partial charge in [0, 0.05) is 32.3 Å². The molecule has 0 spiro atoms. The number of nitrogens with zero attached hydrogens (tertiary/aromatic N) is 7. The topological polar surface area (TPSA) is 97.7 Å². The van der Waals surface area contributed by atoms with Crippen molar-refractivity contribution in [2.45, 2.75) is 39.5 Å². The second-order valence-corrected chi connectivity index (χ2v) is 8.99. The molecule has 1 unspecified atom stereocenters. The summed E-state index contributed by atoms with van der Waals surface area (Å²) in [7, 11) is 4.28. The Balaban J connectivity index is 1.50. The lowest BCUT2D eigenvalue weighted by atomic mass is 10.1. The van der Waals surface area contributed by atoms with Crippen LogP contribution in [0.5, 0.6) is 6.01 Å². The number of aromatic nitrogens is 5. The van der Waals surface area contributed by atoms with Crippen molar-refractivity contribution in [2.24, 2.45) is 5.92 Å². The van der Waals surface area contributed by atoms with E-state index in [1.54, 1.807) is 10.7 Å². The Morgan fingerprint density at radius 3 is 2.84 bits per heavy atom. The van der Waals surface area contributed by atoms with Crippen LogP contribution >= 0.6 is 0 Å². The van der Waals surface area contributed by atoms with Gasteiger partial charge in [0.25, 0.3) is 0 Å². The molecule has 1 atom stereocenters. The quantitative estimate of drug-likeness (QED) is 0.509. The van der Waals surface area contributed by atoms with Crippen LogP contribution in [-0.2, 0) is 6.42 Å². The van der Waals surface area contributed by atoms with E-state index in [4.69, 9.17) is 15.5 Å². The van der Waals surface area contributed by atoms with Gasteiger partial charge in [-0.1, -0.05) is 19.4 Å². The van der Waals surface area contributed by atoms with Gasteiger partial charge >= 0.3 is 6.01 Å². The molecule has 0 amide bonds. The van der Waals surface area contributed by atoms with Crippen LogP contribution in [0.15, 0.2) is 18.5 Å². The van der Waals surface area contributed by atoms with E-state index in [1.165, 1.54) is 12.0 Å². The number of nitrogen functional groups attached to an aromatic ring is 1. The maximum Gasteiger partial charge on any atom is 0.336 e. The Morgan fingerprint density at radius 1 is 1.25 bits per heavy atom. The summed E-state index contributed by atoms with van der Waals surface area (Å²) in [5.74, 6) is 2.11. The Hall–Kier alpha value is -2.94. The summed E-state index contributed by atoms with van der Waals surface area (Å²) in [4.78, 5) is 18.1. The second kappa shape index (κ2) is 9.68. The summed E-state index contributed by atoms with van der Waals surface area (Å²) in [5, 5.41) is 4.51. The van der Waals surface area contributed by atoms with E-state index in [2.05, 4.69) is 58.9 Å². The molecule has 2 N–H and O–H groups in total. The van der Waals surface area contributed by atoms with Crippen LogP contribution in [0.25, 0.3) is 5.65 Å². The first-order chi connectivity index (χ1) is 15.4. The maximum absolute atomic E-state index is 6.09. The zero-order chi connectivity index (χ0) is 22.7. The molecule has 3 aromatic heterocycles. The summed E-state index contributed by atoms with van der Waals surface area (Å²) < 4.78 is 7.40. The molecule has 0 aliphatic carbocycles. The van der Waals surface area contributed by atoms with E-state index in [9.17, 15) is 0 Å². The van der Waals surface area contributed by atoms with Crippen LogP contribution in [-0.4, -0.2) is 69.8 Å². The maximum atomic E-state index is 6.09. The summed E-state index contributed by atoms with van der Waals surface area (Å²) in [5.41, 5.74) is 9.87. The van der Waals surface area contributed by atoms with Gasteiger partial charge in [0.05, 0.1) is 18.5 Å². The van der Waals surface area contributed by atoms with Gasteiger partial charge in [0.15, 0.2) is 11.5 Å². The molecule has 1 saturated heterocycles. The summed E-state index contributed by atoms with van der Waals surface area (Å²) >= 11 is 0. The third kappa shape index (κ3) is 4.93. The number of ether oxygens (including phenoxy) is 1. The number of rotatable bonds is 9. The first-order valence-corrected chi connectivity index (χ1v) is 11.4. The number of unbranched alkanes of at least 4 members (excludes halogenated alkanes) is 1. The van der Waals surface area contributed by atoms with Gasteiger partial charge < -0.3 is 20.3 Å². The van der Waals surface area contributed by atoms with Crippen LogP contribution in [0.2, 0.25) is 0 Å². The molecular weight excluding hydrogens is 404 g/mol. The number of pyridine rings is 1. The van der Waals surface area contributed by atoms with Crippen molar-refractivity contribution in [1.82, 2.24) is 29.5 Å². The normalized spacial score (nSPS) is 16.4. The highest BCUT2D eigenvalue weighted by Gasteiger charge is 2.25. The van der Waals surface area contributed by atoms with E-state index in [-0.39, 0.29) is 6.01 Å². The molecule has 0 aromatic carbocycles. The lowest BCUT2D eigenvalue weighted by molar-refractivity contribution is 0.280. The molecule has 0 bridgehead atoms. The minimum atomic E-state index is 0.286. The fraction of sp³-hybridized carbons (Fsp3) is 0.565. The predicted octanol–water partition coefficient (Wildman–Crippen LogP) is 2.57. The summed E-state index contributed by atoms with van der Waals surface area (Å²) in [6.45, 7) is 8.08. The van der Waals surface area contributed by atoms with Gasteiger partial charge in [0.1, 0.15) is 5.82 Å². The largest absolute Gasteiger partial charge is 0.462 e. The average Bonchev–Trinajstić information content (AvgIpc) is 3.36. The van der Waals surface area contributed by atoms with E-state index in [0.717, 1.165) is 49.6 Å². The molecule has 1 aliphatic heterocycles. The van der Waals surface area contributed by atoms with E-state index in [1.807, 2.05) is 6.20 Å². The summed E-state index contributed by atoms with van der Waals surface area (Å²) in [6, 6.07) is 2.50. The predicted molar refractivity (Wildman–Crippen MR) is 126 cm³/mol. The first-order valence-electron chi connectivity index (χ1n) is 11.4. The monoisotopic (exact) mass is 438 g/mol. The Labute approximate surface area is 189 Å². The Bertz CT molecular complexity index is 1060. The van der Waals surface area contributed by atoms with Crippen LogP contribution in [0.1, 0.15) is 43.0 Å². The number of hydrogen-bond donors (Lipinski definition) is 1. The van der Waals surface area contributed by atoms with Crippen molar-refractivity contribution >= 4 is 17.3 Å². The third-order valence-corrected chi connectivity index (χ3v) is 5.87. The number of aryl methyl sites for hydroxylation is 1. The number of nitrogens with two attached hydrogens (primary N) is 1. The number of hydrogen-bond acceptors (Lipinski definition) is 8.